The number of aliphatic carboxylic acids is 1. The molecular formula is C20H29F3N4O3. The maximum atomic E-state index is 13.4. The van der Waals surface area contributed by atoms with E-state index in [0.717, 1.165) is 31.6 Å². The van der Waals surface area contributed by atoms with Crippen LogP contribution in [0, 0.1) is 0 Å². The van der Waals surface area contributed by atoms with Crippen molar-refractivity contribution in [3.8, 4) is 0 Å². The predicted molar refractivity (Wildman–Crippen MR) is 103 cm³/mol. The molecule has 1 aromatic rings. The maximum Gasteiger partial charge on any atom is 0.490 e. The normalized spacial score (nSPS) is 19.3. The fourth-order valence-electron chi connectivity index (χ4n) is 4.21. The molecule has 0 spiro atoms. The van der Waals surface area contributed by atoms with E-state index in [2.05, 4.69) is 14.9 Å². The van der Waals surface area contributed by atoms with Gasteiger partial charge in [-0.05, 0) is 38.8 Å². The molecule has 1 aromatic heterocycles. The second-order valence-corrected chi connectivity index (χ2v) is 7.80. The van der Waals surface area contributed by atoms with E-state index >= 15 is 0 Å². The number of alkyl halides is 3. The fourth-order valence-corrected chi connectivity index (χ4v) is 4.21. The molecule has 0 aromatic carbocycles. The summed E-state index contributed by atoms with van der Waals surface area (Å²) in [5.41, 5.74) is 0.586. The van der Waals surface area contributed by atoms with Crippen molar-refractivity contribution < 1.29 is 27.9 Å². The van der Waals surface area contributed by atoms with Crippen LogP contribution >= 0.6 is 0 Å². The summed E-state index contributed by atoms with van der Waals surface area (Å²) in [4.78, 5) is 35.0. The minimum Gasteiger partial charge on any atom is -0.475 e. The second kappa shape index (κ2) is 10.7. The van der Waals surface area contributed by atoms with Crippen LogP contribution in [0.25, 0.3) is 0 Å². The van der Waals surface area contributed by atoms with E-state index in [9.17, 15) is 18.0 Å². The van der Waals surface area contributed by atoms with Crippen molar-refractivity contribution in [2.45, 2.75) is 69.6 Å². The number of carboxylic acids is 1. The van der Waals surface area contributed by atoms with E-state index in [1.54, 1.807) is 18.6 Å². The molecule has 0 unspecified atom stereocenters. The topological polar surface area (TPSA) is 86.6 Å². The van der Waals surface area contributed by atoms with Crippen molar-refractivity contribution in [2.24, 2.45) is 0 Å². The molecule has 1 amide bonds. The highest BCUT2D eigenvalue weighted by atomic mass is 19.4. The van der Waals surface area contributed by atoms with E-state index in [4.69, 9.17) is 9.90 Å². The Kier molecular flexibility index (Phi) is 8.57. The predicted octanol–water partition coefficient (Wildman–Crippen LogP) is 3.26. The highest BCUT2D eigenvalue weighted by molar-refractivity contribution is 5.86. The van der Waals surface area contributed by atoms with Crippen LogP contribution in [0.2, 0.25) is 0 Å². The van der Waals surface area contributed by atoms with Gasteiger partial charge in [0.25, 0.3) is 0 Å². The van der Waals surface area contributed by atoms with Crippen LogP contribution in [0.5, 0.6) is 0 Å². The molecule has 2 heterocycles. The first-order valence-corrected chi connectivity index (χ1v) is 10.2. The minimum absolute atomic E-state index is 0.268. The number of carbonyl (C=O) groups excluding carboxylic acids is 1. The van der Waals surface area contributed by atoms with Gasteiger partial charge in [-0.3, -0.25) is 19.7 Å². The average Bonchev–Trinajstić information content (AvgIpc) is 2.75. The van der Waals surface area contributed by atoms with Crippen molar-refractivity contribution in [1.29, 1.82) is 0 Å². The number of hydrogen-bond donors (Lipinski definition) is 1. The zero-order valence-corrected chi connectivity index (χ0v) is 17.2. The van der Waals surface area contributed by atoms with Gasteiger partial charge in [-0.2, -0.15) is 13.2 Å². The van der Waals surface area contributed by atoms with E-state index in [-0.39, 0.29) is 11.4 Å². The highest BCUT2D eigenvalue weighted by Gasteiger charge is 2.46. The Bertz CT molecular complexity index is 688. The first-order valence-electron chi connectivity index (χ1n) is 10.2. The number of hydrogen-bond acceptors (Lipinski definition) is 5. The first-order chi connectivity index (χ1) is 14.2. The van der Waals surface area contributed by atoms with Crippen LogP contribution in [0.1, 0.15) is 57.1 Å². The lowest BCUT2D eigenvalue weighted by Gasteiger charge is -2.48. The number of halogens is 3. The molecule has 1 aliphatic heterocycles. The third-order valence-corrected chi connectivity index (χ3v) is 5.65. The number of amides is 1. The van der Waals surface area contributed by atoms with Crippen molar-refractivity contribution >= 4 is 11.9 Å². The lowest BCUT2D eigenvalue weighted by Crippen LogP contribution is -2.61. The molecule has 0 atom stereocenters. The molecule has 7 nitrogen and oxygen atoms in total. The Morgan fingerprint density at radius 1 is 1.10 bits per heavy atom. The lowest BCUT2D eigenvalue weighted by molar-refractivity contribution is -0.192. The van der Waals surface area contributed by atoms with Crippen LogP contribution in [0.4, 0.5) is 13.2 Å². The largest absolute Gasteiger partial charge is 0.490 e. The number of nitrogens with zero attached hydrogens (tertiary/aromatic N) is 4. The van der Waals surface area contributed by atoms with Gasteiger partial charge >= 0.3 is 12.1 Å². The Morgan fingerprint density at radius 3 is 2.17 bits per heavy atom. The summed E-state index contributed by atoms with van der Waals surface area (Å²) in [6, 6.07) is 0. The van der Waals surface area contributed by atoms with Gasteiger partial charge in [0.15, 0.2) is 0 Å². The second-order valence-electron chi connectivity index (χ2n) is 7.80. The summed E-state index contributed by atoms with van der Waals surface area (Å²) in [5.74, 6) is -2.47. The van der Waals surface area contributed by atoms with Crippen molar-refractivity contribution in [2.75, 3.05) is 20.1 Å². The van der Waals surface area contributed by atoms with Gasteiger partial charge in [0.2, 0.25) is 5.91 Å². The van der Waals surface area contributed by atoms with Crippen LogP contribution in [-0.4, -0.2) is 68.6 Å². The van der Waals surface area contributed by atoms with Crippen LogP contribution < -0.4 is 0 Å². The molecule has 10 heteroatoms. The Balaban J connectivity index is 0.000000396. The Hall–Kier alpha value is -2.23. The zero-order valence-electron chi connectivity index (χ0n) is 17.2. The quantitative estimate of drug-likeness (QED) is 0.789. The van der Waals surface area contributed by atoms with Gasteiger partial charge in [0, 0.05) is 19.4 Å². The Morgan fingerprint density at radius 2 is 1.67 bits per heavy atom. The number of likely N-dealkylation sites (tertiary alicyclic amines) is 1. The van der Waals surface area contributed by atoms with Gasteiger partial charge in [-0.25, -0.2) is 4.79 Å². The molecule has 2 fully saturated rings. The molecule has 1 aliphatic carbocycles. The Labute approximate surface area is 174 Å². The molecular weight excluding hydrogens is 401 g/mol. The number of rotatable bonds is 4. The SMILES string of the molecule is CN(Cc1cnccn1)C(=O)C1(N2CCCCC2)CCCCC1.O=C(O)C(F)(F)F. The summed E-state index contributed by atoms with van der Waals surface area (Å²) in [6.07, 6.45) is 9.39. The number of piperidine rings is 1. The lowest BCUT2D eigenvalue weighted by atomic mass is 9.78. The summed E-state index contributed by atoms with van der Waals surface area (Å²) in [5, 5.41) is 7.12. The van der Waals surface area contributed by atoms with Gasteiger partial charge in [0.1, 0.15) is 5.54 Å². The smallest absolute Gasteiger partial charge is 0.475 e. The van der Waals surface area contributed by atoms with E-state index in [1.807, 2.05) is 11.9 Å². The standard InChI is InChI=1S/C18H28N4O.C2HF3O2/c1-21(15-16-14-19-10-11-20-16)17(23)18(8-4-2-5-9-18)22-12-6-3-7-13-22;3-2(4,5)1(6)7/h10-11,14H,2-9,12-13,15H2,1H3;(H,6,7). The summed E-state index contributed by atoms with van der Waals surface area (Å²) in [7, 11) is 1.91. The van der Waals surface area contributed by atoms with Crippen molar-refractivity contribution in [1.82, 2.24) is 19.8 Å². The van der Waals surface area contributed by atoms with Gasteiger partial charge in [-0.1, -0.05) is 25.7 Å². The van der Waals surface area contributed by atoms with E-state index in [1.165, 1.54) is 38.5 Å². The third kappa shape index (κ3) is 6.38. The number of aromatic nitrogens is 2. The molecule has 168 valence electrons. The monoisotopic (exact) mass is 430 g/mol. The minimum atomic E-state index is -5.08. The molecule has 2 aliphatic rings. The molecule has 3 rings (SSSR count). The number of carbonyl (C=O) groups is 2. The van der Waals surface area contributed by atoms with Crippen LogP contribution in [-0.2, 0) is 16.1 Å². The zero-order chi connectivity index (χ0) is 22.2. The molecule has 1 N–H and O–H groups in total. The molecule has 0 radical (unpaired) electrons. The highest BCUT2D eigenvalue weighted by Crippen LogP contribution is 2.37. The van der Waals surface area contributed by atoms with Crippen molar-refractivity contribution in [3.05, 3.63) is 24.3 Å². The molecule has 30 heavy (non-hydrogen) atoms. The van der Waals surface area contributed by atoms with E-state index < -0.39 is 12.1 Å². The van der Waals surface area contributed by atoms with Crippen molar-refractivity contribution in [3.63, 3.8) is 0 Å². The van der Waals surface area contributed by atoms with E-state index in [0.29, 0.717) is 6.54 Å². The number of carboxylic acid groups (broad SMARTS) is 1. The summed E-state index contributed by atoms with van der Waals surface area (Å²) < 4.78 is 31.7. The molecule has 1 saturated heterocycles. The fraction of sp³-hybridized carbons (Fsp3) is 0.700. The van der Waals surface area contributed by atoms with Gasteiger partial charge in [0.05, 0.1) is 18.4 Å². The molecule has 0 bridgehead atoms. The number of likely N-dealkylation sites (N-methyl/N-ethyl adjacent to an activating group) is 1. The third-order valence-electron chi connectivity index (χ3n) is 5.65. The van der Waals surface area contributed by atoms with Gasteiger partial charge < -0.3 is 10.0 Å². The first kappa shape index (κ1) is 24.0. The average molecular weight is 430 g/mol. The summed E-state index contributed by atoms with van der Waals surface area (Å²) >= 11 is 0. The summed E-state index contributed by atoms with van der Waals surface area (Å²) in [6.45, 7) is 2.69. The molecule has 1 saturated carbocycles. The maximum absolute atomic E-state index is 13.4. The van der Waals surface area contributed by atoms with Crippen LogP contribution in [0.15, 0.2) is 18.6 Å². The van der Waals surface area contributed by atoms with Gasteiger partial charge in [-0.15, -0.1) is 0 Å². The van der Waals surface area contributed by atoms with Crippen LogP contribution in [0.3, 0.4) is 0 Å².